The summed E-state index contributed by atoms with van der Waals surface area (Å²) in [5, 5.41) is 12.2. The Labute approximate surface area is 124 Å². The van der Waals surface area contributed by atoms with Gasteiger partial charge in [-0.15, -0.1) is 0 Å². The van der Waals surface area contributed by atoms with Crippen LogP contribution >= 0.6 is 22.6 Å². The van der Waals surface area contributed by atoms with Crippen LogP contribution < -0.4 is 5.32 Å². The van der Waals surface area contributed by atoms with Crippen molar-refractivity contribution in [2.45, 2.75) is 20.4 Å². The summed E-state index contributed by atoms with van der Waals surface area (Å²) in [5.74, 6) is 1.03. The quantitative estimate of drug-likeness (QED) is 0.813. The zero-order chi connectivity index (χ0) is 14.0. The van der Waals surface area contributed by atoms with E-state index in [0.29, 0.717) is 15.0 Å². The number of phenolic OH excluding ortho intramolecular Hbond substituents is 1. The molecule has 1 heterocycles. The number of aromatic hydroxyl groups is 1. The van der Waals surface area contributed by atoms with Crippen LogP contribution in [-0.2, 0) is 6.54 Å². The lowest BCUT2D eigenvalue weighted by Crippen LogP contribution is -2.22. The van der Waals surface area contributed by atoms with Gasteiger partial charge in [0.2, 0.25) is 5.89 Å². The normalized spacial score (nSPS) is 10.5. The number of carbonyl (C=O) groups excluding carboxylic acids is 1. The summed E-state index contributed by atoms with van der Waals surface area (Å²) in [6.45, 7) is 3.90. The maximum absolute atomic E-state index is 11.9. The van der Waals surface area contributed by atoms with Gasteiger partial charge in [-0.3, -0.25) is 4.79 Å². The summed E-state index contributed by atoms with van der Waals surface area (Å²) in [7, 11) is 0. The number of halogens is 1. The highest BCUT2D eigenvalue weighted by Gasteiger charge is 2.10. The minimum Gasteiger partial charge on any atom is -0.507 e. The Balaban J connectivity index is 2.03. The first kappa shape index (κ1) is 13.9. The molecular formula is C13H13IN2O3. The highest BCUT2D eigenvalue weighted by molar-refractivity contribution is 14.1. The number of aryl methyl sites for hydroxylation is 2. The molecule has 2 N–H and O–H groups in total. The van der Waals surface area contributed by atoms with Crippen LogP contribution in [0.5, 0.6) is 5.75 Å². The van der Waals surface area contributed by atoms with E-state index in [1.807, 2.05) is 36.4 Å². The average Bonchev–Trinajstić information content (AvgIpc) is 2.69. The van der Waals surface area contributed by atoms with E-state index in [2.05, 4.69) is 10.3 Å². The Morgan fingerprint density at radius 1 is 1.47 bits per heavy atom. The zero-order valence-electron chi connectivity index (χ0n) is 10.5. The standard InChI is InChI=1S/C13H13IN2O3/c1-7-8(2)19-12(16-7)6-15-13(18)9-3-4-10(14)11(17)5-9/h3-5,17H,6H2,1-2H3,(H,15,18). The third-order valence-corrected chi connectivity index (χ3v) is 3.59. The maximum Gasteiger partial charge on any atom is 0.251 e. The van der Waals surface area contributed by atoms with Crippen LogP contribution in [0.15, 0.2) is 22.6 Å². The Morgan fingerprint density at radius 3 is 2.79 bits per heavy atom. The van der Waals surface area contributed by atoms with Crippen LogP contribution in [0.25, 0.3) is 0 Å². The average molecular weight is 372 g/mol. The summed E-state index contributed by atoms with van der Waals surface area (Å²) in [5.41, 5.74) is 1.22. The molecule has 0 aliphatic carbocycles. The number of rotatable bonds is 3. The van der Waals surface area contributed by atoms with E-state index in [9.17, 15) is 9.90 Å². The van der Waals surface area contributed by atoms with Crippen LogP contribution in [0.1, 0.15) is 27.7 Å². The largest absolute Gasteiger partial charge is 0.507 e. The lowest BCUT2D eigenvalue weighted by Gasteiger charge is -2.04. The van der Waals surface area contributed by atoms with Gasteiger partial charge in [0, 0.05) is 5.56 Å². The van der Waals surface area contributed by atoms with E-state index in [0.717, 1.165) is 11.5 Å². The van der Waals surface area contributed by atoms with Crippen LogP contribution in [0, 0.1) is 17.4 Å². The molecule has 5 nitrogen and oxygen atoms in total. The van der Waals surface area contributed by atoms with E-state index in [-0.39, 0.29) is 18.2 Å². The number of nitrogens with one attached hydrogen (secondary N) is 1. The molecule has 0 atom stereocenters. The molecule has 1 aromatic carbocycles. The first-order chi connectivity index (χ1) is 8.97. The van der Waals surface area contributed by atoms with E-state index in [1.54, 1.807) is 12.1 Å². The van der Waals surface area contributed by atoms with Crippen molar-refractivity contribution >= 4 is 28.5 Å². The summed E-state index contributed by atoms with van der Waals surface area (Å²) < 4.78 is 6.07. The van der Waals surface area contributed by atoms with Crippen LogP contribution in [0.4, 0.5) is 0 Å². The molecule has 2 aromatic rings. The summed E-state index contributed by atoms with van der Waals surface area (Å²) in [4.78, 5) is 16.1. The number of aromatic nitrogens is 1. The van der Waals surface area contributed by atoms with Gasteiger partial charge in [-0.05, 0) is 54.6 Å². The van der Waals surface area contributed by atoms with E-state index in [1.165, 1.54) is 6.07 Å². The number of hydrogen-bond donors (Lipinski definition) is 2. The predicted molar refractivity (Wildman–Crippen MR) is 78.0 cm³/mol. The third kappa shape index (κ3) is 3.25. The molecule has 19 heavy (non-hydrogen) atoms. The van der Waals surface area contributed by atoms with E-state index in [4.69, 9.17) is 4.42 Å². The van der Waals surface area contributed by atoms with Crippen molar-refractivity contribution in [1.29, 1.82) is 0 Å². The van der Waals surface area contributed by atoms with Crippen LogP contribution in [0.3, 0.4) is 0 Å². The molecular weight excluding hydrogens is 359 g/mol. The Bertz CT molecular complexity index is 603. The second-order valence-corrected chi connectivity index (χ2v) is 5.26. The van der Waals surface area contributed by atoms with Crippen molar-refractivity contribution in [3.63, 3.8) is 0 Å². The monoisotopic (exact) mass is 372 g/mol. The molecule has 2 rings (SSSR count). The van der Waals surface area contributed by atoms with Crippen molar-refractivity contribution in [3.8, 4) is 5.75 Å². The molecule has 0 radical (unpaired) electrons. The topological polar surface area (TPSA) is 75.4 Å². The Morgan fingerprint density at radius 2 is 2.21 bits per heavy atom. The smallest absolute Gasteiger partial charge is 0.251 e. The van der Waals surface area contributed by atoms with Gasteiger partial charge >= 0.3 is 0 Å². The SMILES string of the molecule is Cc1nc(CNC(=O)c2ccc(I)c(O)c2)oc1C. The fraction of sp³-hybridized carbons (Fsp3) is 0.231. The number of phenols is 1. The highest BCUT2D eigenvalue weighted by Crippen LogP contribution is 2.20. The number of carbonyl (C=O) groups is 1. The number of oxazole rings is 1. The zero-order valence-corrected chi connectivity index (χ0v) is 12.7. The Hall–Kier alpha value is -1.57. The summed E-state index contributed by atoms with van der Waals surface area (Å²) in [6, 6.07) is 4.77. The van der Waals surface area contributed by atoms with Crippen LogP contribution in [-0.4, -0.2) is 16.0 Å². The lowest BCUT2D eigenvalue weighted by molar-refractivity contribution is 0.0946. The van der Waals surface area contributed by atoms with Crippen LogP contribution in [0.2, 0.25) is 0 Å². The van der Waals surface area contributed by atoms with Gasteiger partial charge in [0.25, 0.3) is 5.91 Å². The van der Waals surface area contributed by atoms with Crippen molar-refractivity contribution in [3.05, 3.63) is 44.7 Å². The van der Waals surface area contributed by atoms with Crippen molar-refractivity contribution < 1.29 is 14.3 Å². The first-order valence-electron chi connectivity index (χ1n) is 5.67. The van der Waals surface area contributed by atoms with Crippen molar-refractivity contribution in [2.75, 3.05) is 0 Å². The van der Waals surface area contributed by atoms with Gasteiger partial charge in [-0.2, -0.15) is 0 Å². The number of hydrogen-bond acceptors (Lipinski definition) is 4. The number of benzene rings is 1. The molecule has 1 aromatic heterocycles. The van der Waals surface area contributed by atoms with Gasteiger partial charge in [-0.1, -0.05) is 0 Å². The summed E-state index contributed by atoms with van der Waals surface area (Å²) >= 11 is 1.99. The van der Waals surface area contributed by atoms with E-state index < -0.39 is 0 Å². The van der Waals surface area contributed by atoms with Gasteiger partial charge in [-0.25, -0.2) is 4.98 Å². The molecule has 0 aliphatic rings. The van der Waals surface area contributed by atoms with Gasteiger partial charge in [0.15, 0.2) is 0 Å². The van der Waals surface area contributed by atoms with Gasteiger partial charge < -0.3 is 14.8 Å². The predicted octanol–water partition coefficient (Wildman–Crippen LogP) is 2.53. The molecule has 0 bridgehead atoms. The minimum atomic E-state index is -0.278. The Kier molecular flexibility index (Phi) is 4.08. The molecule has 0 spiro atoms. The molecule has 1 amide bonds. The molecule has 0 saturated heterocycles. The maximum atomic E-state index is 11.9. The van der Waals surface area contributed by atoms with E-state index >= 15 is 0 Å². The number of amides is 1. The fourth-order valence-corrected chi connectivity index (χ4v) is 1.86. The second-order valence-electron chi connectivity index (χ2n) is 4.10. The molecule has 0 fully saturated rings. The third-order valence-electron chi connectivity index (χ3n) is 2.68. The van der Waals surface area contributed by atoms with Gasteiger partial charge in [0.1, 0.15) is 11.5 Å². The number of nitrogens with zero attached hydrogens (tertiary/aromatic N) is 1. The lowest BCUT2D eigenvalue weighted by atomic mass is 10.2. The van der Waals surface area contributed by atoms with Crippen molar-refractivity contribution in [2.24, 2.45) is 0 Å². The molecule has 100 valence electrons. The molecule has 0 unspecified atom stereocenters. The second kappa shape index (κ2) is 5.60. The van der Waals surface area contributed by atoms with Crippen molar-refractivity contribution in [1.82, 2.24) is 10.3 Å². The highest BCUT2D eigenvalue weighted by atomic mass is 127. The van der Waals surface area contributed by atoms with Gasteiger partial charge in [0.05, 0.1) is 15.8 Å². The molecule has 0 saturated carbocycles. The molecule has 0 aliphatic heterocycles. The minimum absolute atomic E-state index is 0.0936. The summed E-state index contributed by atoms with van der Waals surface area (Å²) in [6.07, 6.45) is 0. The first-order valence-corrected chi connectivity index (χ1v) is 6.75. The fourth-order valence-electron chi connectivity index (χ4n) is 1.53. The molecule has 6 heteroatoms.